The summed E-state index contributed by atoms with van der Waals surface area (Å²) in [4.78, 5) is 29.4. The summed E-state index contributed by atoms with van der Waals surface area (Å²) >= 11 is 0. The molecule has 2 atom stereocenters. The van der Waals surface area contributed by atoms with Crippen molar-refractivity contribution in [3.63, 3.8) is 0 Å². The van der Waals surface area contributed by atoms with Crippen LogP contribution in [0.25, 0.3) is 0 Å². The summed E-state index contributed by atoms with van der Waals surface area (Å²) in [6.45, 7) is 8.37. The van der Waals surface area contributed by atoms with Crippen LogP contribution in [-0.4, -0.2) is 22.8 Å². The first-order valence-electron chi connectivity index (χ1n) is 8.87. The Morgan fingerprint density at radius 1 is 1.00 bits per heavy atom. The number of carbonyl (C=O) groups is 2. The number of benzene rings is 1. The summed E-state index contributed by atoms with van der Waals surface area (Å²) in [7, 11) is 0. The summed E-state index contributed by atoms with van der Waals surface area (Å²) in [6, 6.07) is 10.4. The van der Waals surface area contributed by atoms with E-state index in [1.165, 1.54) is 5.56 Å². The van der Waals surface area contributed by atoms with Crippen LogP contribution in [0.4, 0.5) is 0 Å². The predicted molar refractivity (Wildman–Crippen MR) is 101 cm³/mol. The zero-order chi connectivity index (χ0) is 18.9. The highest BCUT2D eigenvalue weighted by Gasteiger charge is 2.35. The Labute approximate surface area is 154 Å². The summed E-state index contributed by atoms with van der Waals surface area (Å²) in [5, 5.41) is 5.70. The first-order valence-corrected chi connectivity index (χ1v) is 8.87. The quantitative estimate of drug-likeness (QED) is 0.893. The molecule has 2 unspecified atom stereocenters. The molecule has 0 saturated carbocycles. The molecule has 136 valence electrons. The topological polar surface area (TPSA) is 71.1 Å². The van der Waals surface area contributed by atoms with E-state index in [2.05, 4.69) is 36.4 Å². The molecular weight excluding hydrogens is 326 g/mol. The second kappa shape index (κ2) is 6.90. The minimum atomic E-state index is -0.655. The third-order valence-corrected chi connectivity index (χ3v) is 4.81. The molecule has 5 nitrogen and oxygen atoms in total. The minimum Gasteiger partial charge on any atom is -0.342 e. The van der Waals surface area contributed by atoms with Crippen LogP contribution in [0.5, 0.6) is 0 Å². The van der Waals surface area contributed by atoms with E-state index in [0.717, 1.165) is 16.8 Å². The summed E-state index contributed by atoms with van der Waals surface area (Å²) in [5.41, 5.74) is 3.85. The van der Waals surface area contributed by atoms with Gasteiger partial charge >= 0.3 is 0 Å². The number of aromatic nitrogens is 1. The molecule has 0 bridgehead atoms. The van der Waals surface area contributed by atoms with Crippen LogP contribution in [0.1, 0.15) is 49.2 Å². The molecule has 0 aliphatic carbocycles. The van der Waals surface area contributed by atoms with Gasteiger partial charge < -0.3 is 10.6 Å². The van der Waals surface area contributed by atoms with E-state index >= 15 is 0 Å². The van der Waals surface area contributed by atoms with Gasteiger partial charge in [-0.1, -0.05) is 51.1 Å². The number of nitrogens with zero attached hydrogens (tertiary/aromatic N) is 1. The predicted octanol–water partition coefficient (Wildman–Crippen LogP) is 2.59. The first-order chi connectivity index (χ1) is 12.3. The second-order valence-electron chi connectivity index (χ2n) is 7.85. The van der Waals surface area contributed by atoms with E-state index < -0.39 is 12.1 Å². The Morgan fingerprint density at radius 3 is 2.31 bits per heavy atom. The van der Waals surface area contributed by atoms with Crippen LogP contribution in [0, 0.1) is 6.92 Å². The number of hydrogen-bond acceptors (Lipinski definition) is 3. The van der Waals surface area contributed by atoms with Gasteiger partial charge in [0.25, 0.3) is 0 Å². The van der Waals surface area contributed by atoms with Gasteiger partial charge in [-0.05, 0) is 35.1 Å². The Bertz CT molecular complexity index is 822. The van der Waals surface area contributed by atoms with Crippen LogP contribution in [0.2, 0.25) is 0 Å². The molecule has 1 aliphatic rings. The lowest BCUT2D eigenvalue weighted by Crippen LogP contribution is -2.58. The number of amides is 2. The zero-order valence-corrected chi connectivity index (χ0v) is 15.7. The molecule has 5 heteroatoms. The molecule has 2 amide bonds. The molecule has 2 N–H and O–H groups in total. The van der Waals surface area contributed by atoms with Crippen molar-refractivity contribution in [3.8, 4) is 0 Å². The largest absolute Gasteiger partial charge is 0.342 e. The van der Waals surface area contributed by atoms with Crippen molar-refractivity contribution in [1.29, 1.82) is 0 Å². The molecular formula is C21H25N3O2. The number of nitrogens with one attached hydrogen (secondary N) is 2. The van der Waals surface area contributed by atoms with Crippen molar-refractivity contribution < 1.29 is 9.59 Å². The molecule has 2 aromatic rings. The Kier molecular flexibility index (Phi) is 4.81. The Balaban J connectivity index is 1.73. The molecule has 1 saturated heterocycles. The number of aryl methyl sites for hydroxylation is 1. The lowest BCUT2D eigenvalue weighted by molar-refractivity contribution is -0.136. The van der Waals surface area contributed by atoms with Gasteiger partial charge in [0.15, 0.2) is 0 Å². The standard InChI is InChI=1S/C21H25N3O2/c1-13-6-5-11-22-16(13)12-17-19(25)24-18(20(26)23-17)14-7-9-15(10-8-14)21(2,3)4/h5-11,17-18H,12H2,1-4H3,(H,23,26)(H,24,25). The van der Waals surface area contributed by atoms with E-state index in [1.54, 1.807) is 6.20 Å². The molecule has 1 fully saturated rings. The van der Waals surface area contributed by atoms with E-state index in [-0.39, 0.29) is 17.2 Å². The highest BCUT2D eigenvalue weighted by atomic mass is 16.2. The highest BCUT2D eigenvalue weighted by Crippen LogP contribution is 2.25. The van der Waals surface area contributed by atoms with Crippen LogP contribution in [0.15, 0.2) is 42.6 Å². The average Bonchev–Trinajstić information content (AvgIpc) is 2.59. The summed E-state index contributed by atoms with van der Waals surface area (Å²) in [5.74, 6) is -0.369. The van der Waals surface area contributed by atoms with E-state index in [4.69, 9.17) is 0 Å². The van der Waals surface area contributed by atoms with E-state index in [0.29, 0.717) is 6.42 Å². The Hall–Kier alpha value is -2.69. The van der Waals surface area contributed by atoms with E-state index in [1.807, 2.05) is 43.3 Å². The monoisotopic (exact) mass is 351 g/mol. The number of hydrogen-bond donors (Lipinski definition) is 2. The van der Waals surface area contributed by atoms with Crippen LogP contribution < -0.4 is 10.6 Å². The number of pyridine rings is 1. The van der Waals surface area contributed by atoms with Crippen molar-refractivity contribution in [3.05, 3.63) is 65.0 Å². The molecule has 3 rings (SSSR count). The van der Waals surface area contributed by atoms with Gasteiger partial charge in [0.1, 0.15) is 12.1 Å². The van der Waals surface area contributed by atoms with Crippen molar-refractivity contribution in [1.82, 2.24) is 15.6 Å². The maximum atomic E-state index is 12.6. The molecule has 0 spiro atoms. The second-order valence-corrected chi connectivity index (χ2v) is 7.85. The van der Waals surface area contributed by atoms with Crippen molar-refractivity contribution in [2.45, 2.75) is 51.6 Å². The van der Waals surface area contributed by atoms with Crippen LogP contribution in [0.3, 0.4) is 0 Å². The minimum absolute atomic E-state index is 0.0439. The zero-order valence-electron chi connectivity index (χ0n) is 15.7. The van der Waals surface area contributed by atoms with Gasteiger partial charge in [0.2, 0.25) is 11.8 Å². The first kappa shape index (κ1) is 18.1. The normalized spacial score (nSPS) is 20.5. The fraction of sp³-hybridized carbons (Fsp3) is 0.381. The average molecular weight is 351 g/mol. The third kappa shape index (κ3) is 3.77. The summed E-state index contributed by atoms with van der Waals surface area (Å²) < 4.78 is 0. The number of carbonyl (C=O) groups excluding carboxylic acids is 2. The smallest absolute Gasteiger partial charge is 0.247 e. The van der Waals surface area contributed by atoms with Crippen molar-refractivity contribution in [2.75, 3.05) is 0 Å². The molecule has 1 aromatic carbocycles. The molecule has 2 heterocycles. The van der Waals surface area contributed by atoms with Gasteiger partial charge in [-0.2, -0.15) is 0 Å². The molecule has 1 aliphatic heterocycles. The van der Waals surface area contributed by atoms with Crippen LogP contribution >= 0.6 is 0 Å². The van der Waals surface area contributed by atoms with Gasteiger partial charge in [-0.25, -0.2) is 0 Å². The molecule has 1 aromatic heterocycles. The SMILES string of the molecule is Cc1cccnc1CC1NC(=O)C(c2ccc(C(C)(C)C)cc2)NC1=O. The van der Waals surface area contributed by atoms with Crippen molar-refractivity contribution in [2.24, 2.45) is 0 Å². The molecule has 26 heavy (non-hydrogen) atoms. The van der Waals surface area contributed by atoms with Crippen LogP contribution in [-0.2, 0) is 21.4 Å². The fourth-order valence-corrected chi connectivity index (χ4v) is 3.11. The Morgan fingerprint density at radius 2 is 1.69 bits per heavy atom. The van der Waals surface area contributed by atoms with E-state index in [9.17, 15) is 9.59 Å². The van der Waals surface area contributed by atoms with Gasteiger partial charge in [0.05, 0.1) is 0 Å². The third-order valence-electron chi connectivity index (χ3n) is 4.81. The number of piperazine rings is 1. The van der Waals surface area contributed by atoms with Gasteiger partial charge in [-0.3, -0.25) is 14.6 Å². The number of rotatable bonds is 3. The maximum Gasteiger partial charge on any atom is 0.247 e. The van der Waals surface area contributed by atoms with Gasteiger partial charge in [-0.15, -0.1) is 0 Å². The fourth-order valence-electron chi connectivity index (χ4n) is 3.11. The van der Waals surface area contributed by atoms with Gasteiger partial charge in [0, 0.05) is 18.3 Å². The van der Waals surface area contributed by atoms with Crippen molar-refractivity contribution >= 4 is 11.8 Å². The maximum absolute atomic E-state index is 12.6. The summed E-state index contributed by atoms with van der Waals surface area (Å²) in [6.07, 6.45) is 2.09. The highest BCUT2D eigenvalue weighted by molar-refractivity contribution is 5.97. The lowest BCUT2D eigenvalue weighted by Gasteiger charge is -2.30. The lowest BCUT2D eigenvalue weighted by atomic mass is 9.86. The molecule has 0 radical (unpaired) electrons.